The minimum Gasteiger partial charge on any atom is -0.352 e. The second-order valence-electron chi connectivity index (χ2n) is 5.62. The molecule has 0 bridgehead atoms. The van der Waals surface area contributed by atoms with Gasteiger partial charge in [-0.15, -0.1) is 0 Å². The zero-order valence-corrected chi connectivity index (χ0v) is 12.8. The SMILES string of the molecule is CC(NCCN1CCSCC1)C(=O)NC1CCCC1. The highest BCUT2D eigenvalue weighted by Gasteiger charge is 2.20. The Morgan fingerprint density at radius 3 is 2.68 bits per heavy atom. The van der Waals surface area contributed by atoms with E-state index in [4.69, 9.17) is 0 Å². The highest BCUT2D eigenvalue weighted by Crippen LogP contribution is 2.17. The van der Waals surface area contributed by atoms with Crippen LogP contribution in [0.15, 0.2) is 0 Å². The van der Waals surface area contributed by atoms with Crippen LogP contribution in [0.25, 0.3) is 0 Å². The second-order valence-corrected chi connectivity index (χ2v) is 6.84. The van der Waals surface area contributed by atoms with E-state index in [-0.39, 0.29) is 11.9 Å². The van der Waals surface area contributed by atoms with E-state index >= 15 is 0 Å². The monoisotopic (exact) mass is 285 g/mol. The summed E-state index contributed by atoms with van der Waals surface area (Å²) < 4.78 is 0. The summed E-state index contributed by atoms with van der Waals surface area (Å²) in [5.41, 5.74) is 0. The van der Waals surface area contributed by atoms with Gasteiger partial charge in [-0.1, -0.05) is 12.8 Å². The van der Waals surface area contributed by atoms with E-state index in [1.807, 2.05) is 18.7 Å². The molecule has 0 aromatic carbocycles. The number of nitrogens with zero attached hydrogens (tertiary/aromatic N) is 1. The predicted molar refractivity (Wildman–Crippen MR) is 81.6 cm³/mol. The fourth-order valence-electron chi connectivity index (χ4n) is 2.75. The van der Waals surface area contributed by atoms with E-state index in [9.17, 15) is 4.79 Å². The minimum absolute atomic E-state index is 0.0697. The molecule has 1 atom stereocenters. The fourth-order valence-corrected chi connectivity index (χ4v) is 3.73. The number of carbonyl (C=O) groups excluding carboxylic acids is 1. The molecule has 1 saturated heterocycles. The van der Waals surface area contributed by atoms with Crippen molar-refractivity contribution in [1.82, 2.24) is 15.5 Å². The summed E-state index contributed by atoms with van der Waals surface area (Å²) in [5.74, 6) is 2.66. The third-order valence-corrected chi connectivity index (χ3v) is 5.02. The van der Waals surface area contributed by atoms with Crippen LogP contribution in [-0.4, -0.2) is 60.6 Å². The Hall–Kier alpha value is -0.260. The summed E-state index contributed by atoms with van der Waals surface area (Å²) in [7, 11) is 0. The molecule has 1 saturated carbocycles. The van der Waals surface area contributed by atoms with E-state index in [1.165, 1.54) is 37.4 Å². The molecule has 1 amide bonds. The second kappa shape index (κ2) is 8.12. The molecule has 0 aromatic rings. The van der Waals surface area contributed by atoms with Gasteiger partial charge in [0.15, 0.2) is 0 Å². The number of carbonyl (C=O) groups is 1. The molecule has 2 N–H and O–H groups in total. The lowest BCUT2D eigenvalue weighted by Gasteiger charge is -2.26. The van der Waals surface area contributed by atoms with E-state index in [1.54, 1.807) is 0 Å². The molecular weight excluding hydrogens is 258 g/mol. The third kappa shape index (κ3) is 5.32. The summed E-state index contributed by atoms with van der Waals surface area (Å²) in [6.07, 6.45) is 4.84. The van der Waals surface area contributed by atoms with Crippen LogP contribution in [-0.2, 0) is 4.79 Å². The maximum absolute atomic E-state index is 12.0. The van der Waals surface area contributed by atoms with Crippen LogP contribution < -0.4 is 10.6 Å². The van der Waals surface area contributed by atoms with Gasteiger partial charge in [-0.3, -0.25) is 4.79 Å². The Balaban J connectivity index is 1.57. The van der Waals surface area contributed by atoms with Crippen molar-refractivity contribution in [3.8, 4) is 0 Å². The predicted octanol–water partition coefficient (Wildman–Crippen LogP) is 1.07. The van der Waals surface area contributed by atoms with Gasteiger partial charge in [-0.05, 0) is 19.8 Å². The summed E-state index contributed by atoms with van der Waals surface area (Å²) >= 11 is 2.03. The van der Waals surface area contributed by atoms with Crippen molar-refractivity contribution in [2.24, 2.45) is 0 Å². The standard InChI is InChI=1S/C14H27N3OS/c1-12(14(18)16-13-4-2-3-5-13)15-6-7-17-8-10-19-11-9-17/h12-13,15H,2-11H2,1H3,(H,16,18). The first kappa shape index (κ1) is 15.1. The van der Waals surface area contributed by atoms with Crippen LogP contribution >= 0.6 is 11.8 Å². The van der Waals surface area contributed by atoms with Crippen LogP contribution in [0.5, 0.6) is 0 Å². The van der Waals surface area contributed by atoms with Crippen molar-refractivity contribution in [2.75, 3.05) is 37.7 Å². The Bertz CT molecular complexity index is 276. The van der Waals surface area contributed by atoms with E-state index in [2.05, 4.69) is 15.5 Å². The molecule has 1 heterocycles. The third-order valence-electron chi connectivity index (χ3n) is 4.08. The maximum Gasteiger partial charge on any atom is 0.237 e. The number of rotatable bonds is 6. The molecule has 0 spiro atoms. The largest absolute Gasteiger partial charge is 0.352 e. The minimum atomic E-state index is -0.0697. The van der Waals surface area contributed by atoms with Crippen molar-refractivity contribution < 1.29 is 4.79 Å². The Labute approximate surface area is 121 Å². The summed E-state index contributed by atoms with van der Waals surface area (Å²) in [6.45, 7) is 6.31. The molecule has 1 aliphatic carbocycles. The highest BCUT2D eigenvalue weighted by molar-refractivity contribution is 7.99. The van der Waals surface area contributed by atoms with Gasteiger partial charge in [0, 0.05) is 43.7 Å². The number of amides is 1. The number of thioether (sulfide) groups is 1. The Morgan fingerprint density at radius 2 is 2.00 bits per heavy atom. The highest BCUT2D eigenvalue weighted by atomic mass is 32.2. The van der Waals surface area contributed by atoms with E-state index in [0.29, 0.717) is 6.04 Å². The summed E-state index contributed by atoms with van der Waals surface area (Å²) in [6, 6.07) is 0.357. The van der Waals surface area contributed by atoms with Crippen LogP contribution in [0.3, 0.4) is 0 Å². The van der Waals surface area contributed by atoms with Crippen molar-refractivity contribution in [2.45, 2.75) is 44.7 Å². The maximum atomic E-state index is 12.0. The average Bonchev–Trinajstić information content (AvgIpc) is 2.92. The van der Waals surface area contributed by atoms with Gasteiger partial charge >= 0.3 is 0 Å². The van der Waals surface area contributed by atoms with Crippen LogP contribution in [0, 0.1) is 0 Å². The molecule has 110 valence electrons. The molecule has 4 nitrogen and oxygen atoms in total. The van der Waals surface area contributed by atoms with Crippen molar-refractivity contribution in [3.63, 3.8) is 0 Å². The van der Waals surface area contributed by atoms with Gasteiger partial charge in [0.2, 0.25) is 5.91 Å². The first-order valence-electron chi connectivity index (χ1n) is 7.59. The quantitative estimate of drug-likeness (QED) is 0.766. The first-order chi connectivity index (χ1) is 9.25. The lowest BCUT2D eigenvalue weighted by molar-refractivity contribution is -0.123. The lowest BCUT2D eigenvalue weighted by atomic mass is 10.2. The zero-order chi connectivity index (χ0) is 13.5. The van der Waals surface area contributed by atoms with Crippen molar-refractivity contribution in [1.29, 1.82) is 0 Å². The Kier molecular flexibility index (Phi) is 6.47. The van der Waals surface area contributed by atoms with Crippen molar-refractivity contribution in [3.05, 3.63) is 0 Å². The van der Waals surface area contributed by atoms with Crippen molar-refractivity contribution >= 4 is 17.7 Å². The molecule has 0 aromatic heterocycles. The van der Waals surface area contributed by atoms with Crippen LogP contribution in [0.4, 0.5) is 0 Å². The normalized spacial score (nSPS) is 23.4. The van der Waals surface area contributed by atoms with E-state index < -0.39 is 0 Å². The molecule has 0 radical (unpaired) electrons. The summed E-state index contributed by atoms with van der Waals surface area (Å²) in [5, 5.41) is 6.49. The molecule has 2 rings (SSSR count). The van der Waals surface area contributed by atoms with E-state index in [0.717, 1.165) is 25.9 Å². The molecule has 5 heteroatoms. The van der Waals surface area contributed by atoms with Gasteiger partial charge in [-0.2, -0.15) is 11.8 Å². The summed E-state index contributed by atoms with van der Waals surface area (Å²) in [4.78, 5) is 14.5. The molecule has 1 aliphatic heterocycles. The van der Waals surface area contributed by atoms with Gasteiger partial charge in [-0.25, -0.2) is 0 Å². The van der Waals surface area contributed by atoms with Gasteiger partial charge in [0.05, 0.1) is 6.04 Å². The molecule has 2 fully saturated rings. The topological polar surface area (TPSA) is 44.4 Å². The lowest BCUT2D eigenvalue weighted by Crippen LogP contribution is -2.47. The molecule has 1 unspecified atom stereocenters. The molecule has 2 aliphatic rings. The first-order valence-corrected chi connectivity index (χ1v) is 8.75. The van der Waals surface area contributed by atoms with Gasteiger partial charge < -0.3 is 15.5 Å². The Morgan fingerprint density at radius 1 is 1.32 bits per heavy atom. The number of nitrogens with one attached hydrogen (secondary N) is 2. The van der Waals surface area contributed by atoms with Gasteiger partial charge in [0.1, 0.15) is 0 Å². The zero-order valence-electron chi connectivity index (χ0n) is 12.0. The number of hydrogen-bond acceptors (Lipinski definition) is 4. The van der Waals surface area contributed by atoms with Gasteiger partial charge in [0.25, 0.3) is 0 Å². The molecular formula is C14H27N3OS. The smallest absolute Gasteiger partial charge is 0.237 e. The van der Waals surface area contributed by atoms with Crippen LogP contribution in [0.2, 0.25) is 0 Å². The fraction of sp³-hybridized carbons (Fsp3) is 0.929. The molecule has 19 heavy (non-hydrogen) atoms. The average molecular weight is 285 g/mol. The number of hydrogen-bond donors (Lipinski definition) is 2. The van der Waals surface area contributed by atoms with Crippen LogP contribution in [0.1, 0.15) is 32.6 Å².